The average Bonchev–Trinajstić information content (AvgIpc) is 2.86. The molecule has 0 aliphatic heterocycles. The minimum atomic E-state index is -4.34. The van der Waals surface area contributed by atoms with Crippen LogP contribution in [0.3, 0.4) is 0 Å². The third-order valence-corrected chi connectivity index (χ3v) is 15.3. The Hall–Kier alpha value is -1.82. The fourth-order valence-corrected chi connectivity index (χ4v) is 13.7. The summed E-state index contributed by atoms with van der Waals surface area (Å²) >= 11 is -4.34. The molecule has 0 aromatic heterocycles. The van der Waals surface area contributed by atoms with Gasteiger partial charge in [0.05, 0.1) is 0 Å². The van der Waals surface area contributed by atoms with E-state index >= 15 is 0 Å². The predicted molar refractivity (Wildman–Crippen MR) is 145 cm³/mol. The molecule has 0 amide bonds. The Balaban J connectivity index is 2.45. The van der Waals surface area contributed by atoms with Gasteiger partial charge in [0.25, 0.3) is 0 Å². The Kier molecular flexibility index (Phi) is 13.5. The van der Waals surface area contributed by atoms with Crippen molar-refractivity contribution < 1.29 is 15.7 Å². The molecular weight excluding hydrogens is 543 g/mol. The number of benzene rings is 2. The molecule has 0 saturated carbocycles. The van der Waals surface area contributed by atoms with E-state index in [0.29, 0.717) is 8.87 Å². The van der Waals surface area contributed by atoms with E-state index in [1.165, 1.54) is 0 Å². The number of hydrogen-bond acceptors (Lipinski definition) is 4. The molecule has 0 saturated heterocycles. The van der Waals surface area contributed by atoms with E-state index < -0.39 is 19.2 Å². The van der Waals surface area contributed by atoms with Gasteiger partial charge >= 0.3 is 218 Å². The van der Waals surface area contributed by atoms with E-state index in [4.69, 9.17) is 6.15 Å². The summed E-state index contributed by atoms with van der Waals surface area (Å²) in [6, 6.07) is 20.1. The molecule has 35 heavy (non-hydrogen) atoms. The first kappa shape index (κ1) is 29.4. The molecule has 0 heterocycles. The molecule has 0 N–H and O–H groups in total. The maximum absolute atomic E-state index is 13.5. The van der Waals surface area contributed by atoms with Gasteiger partial charge in [0, 0.05) is 0 Å². The van der Waals surface area contributed by atoms with Gasteiger partial charge in [-0.1, -0.05) is 0 Å². The summed E-state index contributed by atoms with van der Waals surface area (Å²) in [5.41, 5.74) is 2.12. The molecule has 0 bridgehead atoms. The summed E-state index contributed by atoms with van der Waals surface area (Å²) in [4.78, 5) is 27.0. The van der Waals surface area contributed by atoms with Gasteiger partial charge in [0.2, 0.25) is 0 Å². The summed E-state index contributed by atoms with van der Waals surface area (Å²) in [6.07, 6.45) is 7.15. The minimum absolute atomic E-state index is 0.154. The van der Waals surface area contributed by atoms with Crippen LogP contribution < -0.4 is 0 Å². The van der Waals surface area contributed by atoms with Gasteiger partial charge in [-0.3, -0.25) is 0 Å². The molecule has 2 atom stereocenters. The van der Waals surface area contributed by atoms with Crippen molar-refractivity contribution >= 4 is 31.1 Å². The first-order valence-corrected chi connectivity index (χ1v) is 19.9. The van der Waals surface area contributed by atoms with Crippen LogP contribution >= 0.6 is 0 Å². The van der Waals surface area contributed by atoms with Gasteiger partial charge in [0.15, 0.2) is 0 Å². The summed E-state index contributed by atoms with van der Waals surface area (Å²) in [5, 5.41) is 0. The van der Waals surface area contributed by atoms with Gasteiger partial charge in [-0.2, -0.15) is 0 Å². The third-order valence-electron chi connectivity index (χ3n) is 6.67. The van der Waals surface area contributed by atoms with E-state index in [0.717, 1.165) is 62.5 Å². The fourth-order valence-electron chi connectivity index (χ4n) is 4.45. The van der Waals surface area contributed by atoms with E-state index in [1.807, 2.05) is 74.5 Å². The van der Waals surface area contributed by atoms with Crippen molar-refractivity contribution in [1.82, 2.24) is 0 Å². The van der Waals surface area contributed by atoms with Crippen molar-refractivity contribution in [2.75, 3.05) is 0 Å². The second-order valence-corrected chi connectivity index (χ2v) is 18.0. The average molecular weight is 587 g/mol. The SMILES string of the molecule is CCCC[C@@H](CC)C(=O)[O][Sn]([CH2]c1ccccc1)([CH2]c1ccccc1)[O]C(=O)[C@H](CC)CCCC. The normalized spacial score (nSPS) is 13.1. The van der Waals surface area contributed by atoms with Crippen molar-refractivity contribution in [2.24, 2.45) is 11.8 Å². The first-order valence-electron chi connectivity index (χ1n) is 13.5. The standard InChI is InChI=1S/2C8H16O2.2C7H7.Sn/c2*1-3-5-6-7(4-2)8(9)10;2*1-7-5-3-2-4-6-7;/h2*7H,3-6H2,1-2H3,(H,9,10);2*2-6H,1H2;/q;;;;+2/p-2/t2*7-;;;/m11.../s1. The van der Waals surface area contributed by atoms with Crippen LogP contribution in [0, 0.1) is 11.8 Å². The van der Waals surface area contributed by atoms with Crippen molar-refractivity contribution in [3.8, 4) is 0 Å². The first-order chi connectivity index (χ1) is 17.0. The zero-order valence-electron chi connectivity index (χ0n) is 22.1. The Labute approximate surface area is 217 Å². The van der Waals surface area contributed by atoms with Crippen molar-refractivity contribution in [3.05, 3.63) is 71.8 Å². The van der Waals surface area contributed by atoms with Crippen LogP contribution in [0.25, 0.3) is 0 Å². The number of carbonyl (C=O) groups excluding carboxylic acids is 2. The van der Waals surface area contributed by atoms with Crippen LogP contribution in [0.15, 0.2) is 60.7 Å². The topological polar surface area (TPSA) is 52.6 Å². The third kappa shape index (κ3) is 9.98. The number of rotatable bonds is 16. The quantitative estimate of drug-likeness (QED) is 0.191. The van der Waals surface area contributed by atoms with Crippen LogP contribution in [-0.4, -0.2) is 31.1 Å². The van der Waals surface area contributed by atoms with Gasteiger partial charge in [0.1, 0.15) is 0 Å². The molecule has 0 aliphatic rings. The predicted octanol–water partition coefficient (Wildman–Crippen LogP) is 7.51. The maximum atomic E-state index is 13.5. The summed E-state index contributed by atoms with van der Waals surface area (Å²) in [7, 11) is 0. The molecule has 0 aliphatic carbocycles. The van der Waals surface area contributed by atoms with E-state index in [9.17, 15) is 9.59 Å². The van der Waals surface area contributed by atoms with Crippen molar-refractivity contribution in [1.29, 1.82) is 0 Å². The summed E-state index contributed by atoms with van der Waals surface area (Å²) < 4.78 is 14.0. The van der Waals surface area contributed by atoms with Crippen LogP contribution in [0.5, 0.6) is 0 Å². The Morgan fingerprint density at radius 2 is 1.03 bits per heavy atom. The van der Waals surface area contributed by atoms with Crippen molar-refractivity contribution in [2.45, 2.75) is 87.9 Å². The van der Waals surface area contributed by atoms with Gasteiger partial charge in [-0.25, -0.2) is 0 Å². The molecule has 2 rings (SSSR count). The second kappa shape index (κ2) is 16.0. The van der Waals surface area contributed by atoms with Gasteiger partial charge < -0.3 is 0 Å². The molecule has 0 fully saturated rings. The van der Waals surface area contributed by atoms with E-state index in [2.05, 4.69) is 13.8 Å². The monoisotopic (exact) mass is 588 g/mol. The zero-order chi connectivity index (χ0) is 25.5. The van der Waals surface area contributed by atoms with Crippen molar-refractivity contribution in [3.63, 3.8) is 0 Å². The molecule has 2 aromatic carbocycles. The molecule has 0 spiro atoms. The number of carbonyl (C=O) groups is 2. The summed E-state index contributed by atoms with van der Waals surface area (Å²) in [5.74, 6) is -0.673. The Morgan fingerprint density at radius 1 is 0.657 bits per heavy atom. The van der Waals surface area contributed by atoms with Crippen LogP contribution in [0.4, 0.5) is 0 Å². The van der Waals surface area contributed by atoms with Gasteiger partial charge in [-0.05, 0) is 0 Å². The molecule has 2 aromatic rings. The fraction of sp³-hybridized carbons (Fsp3) is 0.533. The van der Waals surface area contributed by atoms with E-state index in [1.54, 1.807) is 0 Å². The number of unbranched alkanes of at least 4 members (excludes halogenated alkanes) is 2. The Morgan fingerprint density at radius 3 is 1.34 bits per heavy atom. The number of hydrogen-bond donors (Lipinski definition) is 0. The van der Waals surface area contributed by atoms with Crippen LogP contribution in [0.2, 0.25) is 0 Å². The molecule has 5 heteroatoms. The molecule has 0 unspecified atom stereocenters. The van der Waals surface area contributed by atoms with Crippen LogP contribution in [-0.2, 0) is 24.6 Å². The molecule has 0 radical (unpaired) electrons. The zero-order valence-corrected chi connectivity index (χ0v) is 25.0. The molecular formula is C30H44O4Sn. The molecule has 4 nitrogen and oxygen atoms in total. The Bertz CT molecular complexity index is 795. The van der Waals surface area contributed by atoms with Gasteiger partial charge in [-0.15, -0.1) is 0 Å². The summed E-state index contributed by atoms with van der Waals surface area (Å²) in [6.45, 7) is 8.35. The molecule has 192 valence electrons. The second-order valence-electron chi connectivity index (χ2n) is 9.57. The van der Waals surface area contributed by atoms with Crippen LogP contribution in [0.1, 0.15) is 90.2 Å². The van der Waals surface area contributed by atoms with E-state index in [-0.39, 0.29) is 23.8 Å².